The first-order chi connectivity index (χ1) is 8.16. The Hall–Kier alpha value is -0.340. The molecule has 0 radical (unpaired) electrons. The van der Waals surface area contributed by atoms with Gasteiger partial charge in [0.15, 0.2) is 0 Å². The van der Waals surface area contributed by atoms with Crippen LogP contribution in [0.5, 0.6) is 0 Å². The molecule has 0 N–H and O–H groups in total. The third-order valence-electron chi connectivity index (χ3n) is 5.34. The third-order valence-corrected chi connectivity index (χ3v) is 5.34. The molecule has 4 rings (SSSR count). The largest absolute Gasteiger partial charge is 0.379 e. The van der Waals surface area contributed by atoms with E-state index in [1.165, 1.54) is 25.8 Å². The Labute approximate surface area is 105 Å². The number of hydrogen-bond donors (Lipinski definition) is 0. The highest BCUT2D eigenvalue weighted by atomic mass is 16.5. The lowest BCUT2D eigenvalue weighted by Crippen LogP contribution is -2.47. The van der Waals surface area contributed by atoms with E-state index in [0.29, 0.717) is 5.41 Å². The van der Waals surface area contributed by atoms with E-state index >= 15 is 0 Å². The quantitative estimate of drug-likeness (QED) is 0.697. The van der Waals surface area contributed by atoms with Crippen molar-refractivity contribution < 1.29 is 4.74 Å². The van der Waals surface area contributed by atoms with Crippen molar-refractivity contribution in [2.45, 2.75) is 33.1 Å². The first kappa shape index (κ1) is 11.7. The molecule has 0 amide bonds. The second kappa shape index (κ2) is 4.40. The lowest BCUT2D eigenvalue weighted by atomic mass is 9.50. The van der Waals surface area contributed by atoms with Crippen LogP contribution >= 0.6 is 0 Å². The van der Waals surface area contributed by atoms with Gasteiger partial charge in [-0.2, -0.15) is 0 Å². The fourth-order valence-corrected chi connectivity index (χ4v) is 3.67. The van der Waals surface area contributed by atoms with E-state index in [2.05, 4.69) is 24.8 Å². The van der Waals surface area contributed by atoms with Gasteiger partial charge >= 0.3 is 0 Å². The predicted molar refractivity (Wildman–Crippen MR) is 70.0 cm³/mol. The molecule has 2 atom stereocenters. The number of fused-ring (bicyclic) bond motifs is 1. The Morgan fingerprint density at radius 2 is 2.12 bits per heavy atom. The molecule has 1 aliphatic heterocycles. The van der Waals surface area contributed by atoms with Crippen molar-refractivity contribution >= 4 is 0 Å². The first-order valence-corrected chi connectivity index (χ1v) is 7.16. The molecule has 2 heteroatoms. The molecule has 3 aliphatic carbocycles. The van der Waals surface area contributed by atoms with Crippen molar-refractivity contribution in [2.24, 2.45) is 17.3 Å². The molecule has 96 valence electrons. The van der Waals surface area contributed by atoms with Gasteiger partial charge in [0.05, 0.1) is 13.2 Å². The predicted octanol–water partition coefficient (Wildman–Crippen LogP) is 2.70. The van der Waals surface area contributed by atoms with Gasteiger partial charge in [-0.25, -0.2) is 0 Å². The summed E-state index contributed by atoms with van der Waals surface area (Å²) >= 11 is 0. The zero-order valence-electron chi connectivity index (χ0n) is 11.2. The van der Waals surface area contributed by atoms with Crippen LogP contribution in [-0.2, 0) is 4.74 Å². The number of allylic oxidation sites excluding steroid dienone is 1. The smallest absolute Gasteiger partial charge is 0.0594 e. The van der Waals surface area contributed by atoms with Crippen molar-refractivity contribution in [3.05, 3.63) is 11.6 Å². The summed E-state index contributed by atoms with van der Waals surface area (Å²) in [6.45, 7) is 10.3. The molecular formula is C15H25NO. The zero-order chi connectivity index (χ0) is 11.9. The van der Waals surface area contributed by atoms with Crippen LogP contribution in [0.3, 0.4) is 0 Å². The van der Waals surface area contributed by atoms with Gasteiger partial charge in [0.1, 0.15) is 0 Å². The van der Waals surface area contributed by atoms with Crippen molar-refractivity contribution in [3.63, 3.8) is 0 Å². The van der Waals surface area contributed by atoms with Gasteiger partial charge in [-0.15, -0.1) is 0 Å². The molecule has 0 aromatic heterocycles. The molecule has 1 heterocycles. The fraction of sp³-hybridized carbons (Fsp3) is 0.867. The molecule has 0 aromatic rings. The average Bonchev–Trinajstić information content (AvgIpc) is 2.38. The molecule has 2 bridgehead atoms. The van der Waals surface area contributed by atoms with E-state index in [1.54, 1.807) is 5.57 Å². The van der Waals surface area contributed by atoms with Crippen molar-refractivity contribution in [2.75, 3.05) is 32.8 Å². The maximum Gasteiger partial charge on any atom is 0.0594 e. The molecule has 1 saturated heterocycles. The van der Waals surface area contributed by atoms with Gasteiger partial charge in [-0.3, -0.25) is 4.90 Å². The van der Waals surface area contributed by atoms with E-state index < -0.39 is 0 Å². The second-order valence-electron chi connectivity index (χ2n) is 6.59. The topological polar surface area (TPSA) is 12.5 Å². The minimum Gasteiger partial charge on any atom is -0.379 e. The number of morpholine rings is 1. The van der Waals surface area contributed by atoms with Gasteiger partial charge in [0.25, 0.3) is 0 Å². The number of hydrogen-bond acceptors (Lipinski definition) is 2. The molecule has 17 heavy (non-hydrogen) atoms. The molecule has 2 unspecified atom stereocenters. The number of rotatable bonds is 3. The minimum atomic E-state index is 0.600. The summed E-state index contributed by atoms with van der Waals surface area (Å²) in [5.74, 6) is 1.85. The van der Waals surface area contributed by atoms with Crippen molar-refractivity contribution in [1.82, 2.24) is 4.90 Å². The van der Waals surface area contributed by atoms with Gasteiger partial charge in [-0.05, 0) is 36.5 Å². The summed E-state index contributed by atoms with van der Waals surface area (Å²) in [4.78, 5) is 2.55. The molecule has 0 aromatic carbocycles. The van der Waals surface area contributed by atoms with Crippen LogP contribution in [0.2, 0.25) is 0 Å². The second-order valence-corrected chi connectivity index (χ2v) is 6.59. The standard InChI is InChI=1S/C15H25NO/c1-15(2)13-9-12(10-14(15)11-13)3-4-16-5-7-17-8-6-16/h9,13-14H,3-8,10-11H2,1-2H3. The average molecular weight is 235 g/mol. The normalized spacial score (nSPS) is 36.2. The van der Waals surface area contributed by atoms with Crippen LogP contribution in [0.25, 0.3) is 0 Å². The molecule has 4 aliphatic rings. The maximum absolute atomic E-state index is 5.39. The summed E-state index contributed by atoms with van der Waals surface area (Å²) in [5.41, 5.74) is 2.33. The highest BCUT2D eigenvalue weighted by Gasteiger charge is 2.49. The van der Waals surface area contributed by atoms with Crippen LogP contribution in [0.1, 0.15) is 33.1 Å². The molecule has 0 spiro atoms. The number of ether oxygens (including phenoxy) is 1. The zero-order valence-corrected chi connectivity index (χ0v) is 11.2. The van der Waals surface area contributed by atoms with Crippen LogP contribution in [0.4, 0.5) is 0 Å². The Morgan fingerprint density at radius 3 is 2.71 bits per heavy atom. The van der Waals surface area contributed by atoms with E-state index in [-0.39, 0.29) is 0 Å². The summed E-state index contributed by atoms with van der Waals surface area (Å²) in [6, 6.07) is 0. The lowest BCUT2D eigenvalue weighted by Gasteiger charge is -2.55. The molecular weight excluding hydrogens is 210 g/mol. The van der Waals surface area contributed by atoms with E-state index in [4.69, 9.17) is 4.74 Å². The Balaban J connectivity index is 1.50. The van der Waals surface area contributed by atoms with Crippen LogP contribution in [-0.4, -0.2) is 37.7 Å². The monoisotopic (exact) mass is 235 g/mol. The van der Waals surface area contributed by atoms with Gasteiger partial charge in [0, 0.05) is 19.6 Å². The highest BCUT2D eigenvalue weighted by molar-refractivity contribution is 5.21. The minimum absolute atomic E-state index is 0.600. The maximum atomic E-state index is 5.39. The van der Waals surface area contributed by atoms with Gasteiger partial charge in [-0.1, -0.05) is 25.5 Å². The molecule has 1 saturated carbocycles. The summed E-state index contributed by atoms with van der Waals surface area (Å²) in [7, 11) is 0. The van der Waals surface area contributed by atoms with Crippen molar-refractivity contribution in [1.29, 1.82) is 0 Å². The van der Waals surface area contributed by atoms with Crippen LogP contribution in [0.15, 0.2) is 11.6 Å². The van der Waals surface area contributed by atoms with E-state index in [9.17, 15) is 0 Å². The van der Waals surface area contributed by atoms with Crippen molar-refractivity contribution in [3.8, 4) is 0 Å². The SMILES string of the molecule is CC1(C)C2C=C(CCN3CCOCC3)CC1C2. The Kier molecular flexibility index (Phi) is 3.04. The van der Waals surface area contributed by atoms with Crippen LogP contribution < -0.4 is 0 Å². The van der Waals surface area contributed by atoms with Crippen LogP contribution in [0, 0.1) is 17.3 Å². The summed E-state index contributed by atoms with van der Waals surface area (Å²) in [5, 5.41) is 0. The molecule has 2 fully saturated rings. The van der Waals surface area contributed by atoms with Gasteiger partial charge < -0.3 is 4.74 Å². The highest BCUT2D eigenvalue weighted by Crippen LogP contribution is 2.58. The fourth-order valence-electron chi connectivity index (χ4n) is 3.67. The summed E-state index contributed by atoms with van der Waals surface area (Å²) < 4.78 is 5.39. The molecule has 2 nitrogen and oxygen atoms in total. The Morgan fingerprint density at radius 1 is 1.35 bits per heavy atom. The lowest BCUT2D eigenvalue weighted by molar-refractivity contribution is -0.00298. The summed E-state index contributed by atoms with van der Waals surface area (Å²) in [6.07, 6.45) is 6.71. The first-order valence-electron chi connectivity index (χ1n) is 7.16. The van der Waals surface area contributed by atoms with Gasteiger partial charge in [0.2, 0.25) is 0 Å². The Bertz CT molecular complexity index is 315. The van der Waals surface area contributed by atoms with E-state index in [1.807, 2.05) is 0 Å². The third kappa shape index (κ3) is 2.17. The van der Waals surface area contributed by atoms with E-state index in [0.717, 1.165) is 38.1 Å². The number of nitrogens with zero attached hydrogens (tertiary/aromatic N) is 1.